The summed E-state index contributed by atoms with van der Waals surface area (Å²) >= 11 is 2.86. The maximum Gasteiger partial charge on any atom is 0.338 e. The molecule has 6 nitrogen and oxygen atoms in total. The summed E-state index contributed by atoms with van der Waals surface area (Å²) in [5, 5.41) is 8.97. The molecule has 1 N–H and O–H groups in total. The van der Waals surface area contributed by atoms with E-state index in [4.69, 9.17) is 14.2 Å². The van der Waals surface area contributed by atoms with Crippen LogP contribution < -0.4 is 0 Å². The van der Waals surface area contributed by atoms with Crippen LogP contribution >= 0.6 is 15.9 Å². The molecule has 0 aromatic heterocycles. The molecule has 3 rings (SSSR count). The zero-order valence-electron chi connectivity index (χ0n) is 14.9. The highest BCUT2D eigenvalue weighted by Gasteiger charge is 2.63. The Hall–Kier alpha value is -2.36. The molecular weight excluding hydrogens is 454 g/mol. The summed E-state index contributed by atoms with van der Waals surface area (Å²) in [6.45, 7) is -0.502. The average Bonchev–Trinajstić information content (AvgIpc) is 2.98. The molecule has 0 radical (unpaired) electrons. The van der Waals surface area contributed by atoms with Gasteiger partial charge in [-0.25, -0.2) is 18.4 Å². The SMILES string of the molecule is O=C(OC[C@H]1O[C@H](Br)[C@@](O)(C(F)F)[C@@H]1OC(=O)c1ccccc1)c1ccccc1. The molecule has 0 aliphatic carbocycles. The normalized spacial score (nSPS) is 26.3. The molecule has 0 spiro atoms. The second-order valence-corrected chi connectivity index (χ2v) is 7.17. The topological polar surface area (TPSA) is 82.1 Å². The lowest BCUT2D eigenvalue weighted by atomic mass is 9.97. The maximum absolute atomic E-state index is 13.7. The van der Waals surface area contributed by atoms with Crippen LogP contribution in [0.3, 0.4) is 0 Å². The lowest BCUT2D eigenvalue weighted by molar-refractivity contribution is -0.150. The number of aliphatic hydroxyl groups is 1. The fourth-order valence-corrected chi connectivity index (χ4v) is 3.59. The van der Waals surface area contributed by atoms with Gasteiger partial charge in [0.05, 0.1) is 11.1 Å². The van der Waals surface area contributed by atoms with Crippen LogP contribution in [0, 0.1) is 0 Å². The number of ether oxygens (including phenoxy) is 3. The second kappa shape index (κ2) is 8.98. The molecule has 1 saturated heterocycles. The summed E-state index contributed by atoms with van der Waals surface area (Å²) < 4.78 is 42.9. The number of esters is 2. The predicted molar refractivity (Wildman–Crippen MR) is 101 cm³/mol. The Labute approximate surface area is 173 Å². The summed E-state index contributed by atoms with van der Waals surface area (Å²) in [7, 11) is 0. The van der Waals surface area contributed by atoms with E-state index in [2.05, 4.69) is 15.9 Å². The molecule has 0 bridgehead atoms. The van der Waals surface area contributed by atoms with Crippen LogP contribution in [0.2, 0.25) is 0 Å². The standard InChI is InChI=1S/C20H17BrF2O6/c21-18-20(26,19(22)23)15(29-17(25)13-9-5-2-6-10-13)14(28-18)11-27-16(24)12-7-3-1-4-8-12/h1-10,14-15,18-19,26H,11H2/t14-,15-,18+,20-/m1/s1. The zero-order valence-corrected chi connectivity index (χ0v) is 16.5. The quantitative estimate of drug-likeness (QED) is 0.515. The minimum atomic E-state index is -3.30. The van der Waals surface area contributed by atoms with E-state index in [1.165, 1.54) is 24.3 Å². The summed E-state index contributed by atoms with van der Waals surface area (Å²) in [5.74, 6) is -1.62. The second-order valence-electron chi connectivity index (χ2n) is 6.33. The Bertz CT molecular complexity index is 851. The average molecular weight is 471 g/mol. The minimum absolute atomic E-state index is 0.113. The molecule has 1 fully saturated rings. The third kappa shape index (κ3) is 4.47. The summed E-state index contributed by atoms with van der Waals surface area (Å²) in [6, 6.07) is 15.7. The van der Waals surface area contributed by atoms with Gasteiger partial charge < -0.3 is 19.3 Å². The van der Waals surface area contributed by atoms with E-state index in [1.54, 1.807) is 36.4 Å². The van der Waals surface area contributed by atoms with E-state index in [0.29, 0.717) is 0 Å². The first-order valence-corrected chi connectivity index (χ1v) is 9.54. The zero-order chi connectivity index (χ0) is 21.0. The van der Waals surface area contributed by atoms with Crippen LogP contribution in [0.15, 0.2) is 60.7 Å². The highest BCUT2D eigenvalue weighted by atomic mass is 79.9. The van der Waals surface area contributed by atoms with Crippen molar-refractivity contribution in [2.24, 2.45) is 0 Å². The minimum Gasteiger partial charge on any atom is -0.459 e. The van der Waals surface area contributed by atoms with E-state index in [-0.39, 0.29) is 11.1 Å². The third-order valence-electron chi connectivity index (χ3n) is 4.43. The van der Waals surface area contributed by atoms with E-state index in [9.17, 15) is 23.5 Å². The lowest BCUT2D eigenvalue weighted by Crippen LogP contribution is -2.54. The number of rotatable bonds is 6. The Kier molecular flexibility index (Phi) is 6.61. The van der Waals surface area contributed by atoms with Crippen molar-refractivity contribution < 1.29 is 37.7 Å². The summed E-state index contributed by atoms with van der Waals surface area (Å²) in [4.78, 5) is 24.5. The van der Waals surface area contributed by atoms with Crippen molar-refractivity contribution in [3.05, 3.63) is 71.8 Å². The summed E-state index contributed by atoms with van der Waals surface area (Å²) in [6.07, 6.45) is -6.38. The van der Waals surface area contributed by atoms with Crippen molar-refractivity contribution in [1.82, 2.24) is 0 Å². The smallest absolute Gasteiger partial charge is 0.338 e. The van der Waals surface area contributed by atoms with Crippen molar-refractivity contribution in [3.8, 4) is 0 Å². The predicted octanol–water partition coefficient (Wildman–Crippen LogP) is 3.19. The molecule has 29 heavy (non-hydrogen) atoms. The largest absolute Gasteiger partial charge is 0.459 e. The first-order valence-electron chi connectivity index (χ1n) is 8.62. The monoisotopic (exact) mass is 470 g/mol. The molecular formula is C20H17BrF2O6. The van der Waals surface area contributed by atoms with Crippen molar-refractivity contribution >= 4 is 27.9 Å². The van der Waals surface area contributed by atoms with Gasteiger partial charge >= 0.3 is 11.9 Å². The van der Waals surface area contributed by atoms with Crippen LogP contribution in [0.1, 0.15) is 20.7 Å². The molecule has 2 aromatic carbocycles. The molecule has 4 atom stereocenters. The fraction of sp³-hybridized carbons (Fsp3) is 0.300. The van der Waals surface area contributed by atoms with Crippen molar-refractivity contribution in [3.63, 3.8) is 0 Å². The van der Waals surface area contributed by atoms with Crippen LogP contribution in [0.4, 0.5) is 8.78 Å². The molecule has 0 saturated carbocycles. The Morgan fingerprint density at radius 2 is 1.55 bits per heavy atom. The van der Waals surface area contributed by atoms with Gasteiger partial charge in [0.2, 0.25) is 5.60 Å². The highest BCUT2D eigenvalue weighted by Crippen LogP contribution is 2.41. The Morgan fingerprint density at radius 3 is 2.07 bits per heavy atom. The number of hydrogen-bond acceptors (Lipinski definition) is 6. The van der Waals surface area contributed by atoms with Gasteiger partial charge in [-0.05, 0) is 24.3 Å². The van der Waals surface area contributed by atoms with Crippen molar-refractivity contribution in [1.29, 1.82) is 0 Å². The van der Waals surface area contributed by atoms with Crippen LogP contribution in [0.5, 0.6) is 0 Å². The highest BCUT2D eigenvalue weighted by molar-refractivity contribution is 9.09. The Morgan fingerprint density at radius 1 is 1.03 bits per heavy atom. The van der Waals surface area contributed by atoms with Crippen LogP contribution in [-0.2, 0) is 14.2 Å². The lowest BCUT2D eigenvalue weighted by Gasteiger charge is -2.30. The number of halogens is 3. The van der Waals surface area contributed by atoms with E-state index in [1.807, 2.05) is 0 Å². The van der Waals surface area contributed by atoms with E-state index in [0.717, 1.165) is 0 Å². The molecule has 0 unspecified atom stereocenters. The van der Waals surface area contributed by atoms with E-state index < -0.39 is 47.8 Å². The van der Waals surface area contributed by atoms with E-state index >= 15 is 0 Å². The third-order valence-corrected chi connectivity index (χ3v) is 5.38. The first kappa shape index (κ1) is 21.4. The number of carbonyl (C=O) groups excluding carboxylic acids is 2. The molecule has 0 amide bonds. The number of hydrogen-bond donors (Lipinski definition) is 1. The molecule has 154 valence electrons. The molecule has 1 aliphatic heterocycles. The van der Waals surface area contributed by atoms with Crippen LogP contribution in [-0.4, -0.2) is 52.9 Å². The van der Waals surface area contributed by atoms with Gasteiger partial charge in [0, 0.05) is 0 Å². The van der Waals surface area contributed by atoms with Gasteiger partial charge in [-0.1, -0.05) is 52.3 Å². The van der Waals surface area contributed by atoms with Crippen molar-refractivity contribution in [2.45, 2.75) is 29.2 Å². The maximum atomic E-state index is 13.7. The Balaban J connectivity index is 1.77. The van der Waals surface area contributed by atoms with Gasteiger partial charge in [-0.15, -0.1) is 0 Å². The molecule has 9 heteroatoms. The number of benzene rings is 2. The van der Waals surface area contributed by atoms with Gasteiger partial charge in [-0.3, -0.25) is 0 Å². The molecule has 2 aromatic rings. The number of alkyl halides is 3. The van der Waals surface area contributed by atoms with Gasteiger partial charge in [0.25, 0.3) is 6.43 Å². The fourth-order valence-electron chi connectivity index (χ4n) is 2.85. The van der Waals surface area contributed by atoms with Gasteiger partial charge in [0.1, 0.15) is 12.7 Å². The summed E-state index contributed by atoms with van der Waals surface area (Å²) in [5.41, 5.74) is -2.46. The molecule has 1 heterocycles. The molecule has 1 aliphatic rings. The number of carbonyl (C=O) groups is 2. The first-order chi connectivity index (χ1) is 13.8. The van der Waals surface area contributed by atoms with Gasteiger partial charge in [0.15, 0.2) is 11.1 Å². The van der Waals surface area contributed by atoms with Crippen molar-refractivity contribution in [2.75, 3.05) is 6.61 Å². The van der Waals surface area contributed by atoms with Gasteiger partial charge in [-0.2, -0.15) is 0 Å². The van der Waals surface area contributed by atoms with Crippen LogP contribution in [0.25, 0.3) is 0 Å².